The topological polar surface area (TPSA) is 76.2 Å². The summed E-state index contributed by atoms with van der Waals surface area (Å²) in [5.41, 5.74) is 3.68. The first-order valence-electron chi connectivity index (χ1n) is 10.8. The lowest BCUT2D eigenvalue weighted by Gasteiger charge is -2.22. The van der Waals surface area contributed by atoms with Crippen molar-refractivity contribution in [1.29, 1.82) is 0 Å². The number of rotatable bonds is 9. The fourth-order valence-electron chi connectivity index (χ4n) is 3.58. The van der Waals surface area contributed by atoms with Crippen LogP contribution < -0.4 is 5.32 Å². The summed E-state index contributed by atoms with van der Waals surface area (Å²) in [5.74, 6) is 0.631. The number of benzene rings is 1. The second kappa shape index (κ2) is 10.6. The maximum Gasteiger partial charge on any atom is 0.244 e. The number of carbonyl (C=O) groups is 1. The normalized spacial score (nSPS) is 12.3. The summed E-state index contributed by atoms with van der Waals surface area (Å²) >= 11 is 0. The molecule has 1 atom stereocenters. The van der Waals surface area contributed by atoms with Gasteiger partial charge in [-0.05, 0) is 50.0 Å². The molecule has 0 fully saturated rings. The molecule has 3 heterocycles. The van der Waals surface area contributed by atoms with E-state index in [4.69, 9.17) is 9.52 Å². The van der Waals surface area contributed by atoms with Gasteiger partial charge in [-0.1, -0.05) is 30.3 Å². The number of hydrogen-bond acceptors (Lipinski definition) is 5. The van der Waals surface area contributed by atoms with Gasteiger partial charge in [0.1, 0.15) is 11.5 Å². The lowest BCUT2D eigenvalue weighted by molar-refractivity contribution is -0.116. The molecule has 7 heteroatoms. The lowest BCUT2D eigenvalue weighted by atomic mass is 10.1. The monoisotopic (exact) mass is 441 g/mol. The number of furan rings is 1. The third-order valence-electron chi connectivity index (χ3n) is 5.29. The Bertz CT molecular complexity index is 1180. The molecule has 0 radical (unpaired) electrons. The standard InChI is InChI=1S/C26H27N5O2/c1-30(2)23(24-11-7-15-33-24)17-28-25(32)13-12-22-19-31(18-20-8-4-3-5-9-20)29-26(22)21-10-6-14-27-16-21/h3-16,19,23H,17-18H2,1-2H3,(H,28,32)/b13-12+. The second-order valence-corrected chi connectivity index (χ2v) is 7.93. The third kappa shape index (κ3) is 5.84. The highest BCUT2D eigenvalue weighted by molar-refractivity contribution is 5.92. The van der Waals surface area contributed by atoms with Gasteiger partial charge in [0.15, 0.2) is 0 Å². The van der Waals surface area contributed by atoms with Crippen LogP contribution >= 0.6 is 0 Å². The van der Waals surface area contributed by atoms with Crippen LogP contribution in [0.3, 0.4) is 0 Å². The van der Waals surface area contributed by atoms with Gasteiger partial charge in [0.25, 0.3) is 0 Å². The van der Waals surface area contributed by atoms with Gasteiger partial charge >= 0.3 is 0 Å². The fraction of sp³-hybridized carbons (Fsp3) is 0.192. The minimum Gasteiger partial charge on any atom is -0.468 e. The molecule has 7 nitrogen and oxygen atoms in total. The van der Waals surface area contributed by atoms with E-state index in [1.54, 1.807) is 30.8 Å². The van der Waals surface area contributed by atoms with Crippen molar-refractivity contribution < 1.29 is 9.21 Å². The van der Waals surface area contributed by atoms with Gasteiger partial charge in [0, 0.05) is 42.3 Å². The predicted molar refractivity (Wildman–Crippen MR) is 128 cm³/mol. The molecule has 0 spiro atoms. The van der Waals surface area contributed by atoms with Gasteiger partial charge in [-0.3, -0.25) is 19.4 Å². The van der Waals surface area contributed by atoms with Crippen LogP contribution in [0.25, 0.3) is 17.3 Å². The highest BCUT2D eigenvalue weighted by Crippen LogP contribution is 2.23. The maximum absolute atomic E-state index is 12.6. The van der Waals surface area contributed by atoms with E-state index in [9.17, 15) is 4.79 Å². The zero-order valence-corrected chi connectivity index (χ0v) is 18.8. The number of carbonyl (C=O) groups excluding carboxylic acids is 1. The molecule has 33 heavy (non-hydrogen) atoms. The van der Waals surface area contributed by atoms with Crippen LogP contribution in [0.1, 0.15) is 22.9 Å². The summed E-state index contributed by atoms with van der Waals surface area (Å²) in [5, 5.41) is 7.72. The summed E-state index contributed by atoms with van der Waals surface area (Å²) in [4.78, 5) is 18.8. The van der Waals surface area contributed by atoms with E-state index in [0.717, 1.165) is 28.1 Å². The Balaban J connectivity index is 1.50. The first-order valence-corrected chi connectivity index (χ1v) is 10.8. The van der Waals surface area contributed by atoms with Crippen LogP contribution in [0.2, 0.25) is 0 Å². The molecule has 0 saturated carbocycles. The van der Waals surface area contributed by atoms with E-state index in [-0.39, 0.29) is 11.9 Å². The average molecular weight is 442 g/mol. The summed E-state index contributed by atoms with van der Waals surface area (Å²) in [7, 11) is 3.91. The first kappa shape index (κ1) is 22.2. The Kier molecular flexibility index (Phi) is 7.12. The zero-order chi connectivity index (χ0) is 23.0. The van der Waals surface area contributed by atoms with E-state index in [1.807, 2.05) is 72.3 Å². The van der Waals surface area contributed by atoms with Crippen LogP contribution in [0, 0.1) is 0 Å². The molecular weight excluding hydrogens is 414 g/mol. The summed E-state index contributed by atoms with van der Waals surface area (Å²) < 4.78 is 7.39. The van der Waals surface area contributed by atoms with Gasteiger partial charge in [0.05, 0.1) is 18.8 Å². The maximum atomic E-state index is 12.6. The van der Waals surface area contributed by atoms with Gasteiger partial charge in [-0.2, -0.15) is 5.10 Å². The molecule has 1 unspecified atom stereocenters. The number of hydrogen-bond donors (Lipinski definition) is 1. The highest BCUT2D eigenvalue weighted by Gasteiger charge is 2.17. The first-order chi connectivity index (χ1) is 16.1. The smallest absolute Gasteiger partial charge is 0.244 e. The summed E-state index contributed by atoms with van der Waals surface area (Å²) in [6, 6.07) is 17.7. The molecule has 0 saturated heterocycles. The van der Waals surface area contributed by atoms with E-state index < -0.39 is 0 Å². The van der Waals surface area contributed by atoms with Gasteiger partial charge in [-0.25, -0.2) is 0 Å². The number of pyridine rings is 1. The number of nitrogens with zero attached hydrogens (tertiary/aromatic N) is 4. The largest absolute Gasteiger partial charge is 0.468 e. The fourth-order valence-corrected chi connectivity index (χ4v) is 3.58. The van der Waals surface area contributed by atoms with E-state index in [1.165, 1.54) is 0 Å². The van der Waals surface area contributed by atoms with Crippen molar-refractivity contribution in [2.45, 2.75) is 12.6 Å². The lowest BCUT2D eigenvalue weighted by Crippen LogP contribution is -2.33. The number of nitrogens with one attached hydrogen (secondary N) is 1. The van der Waals surface area contributed by atoms with E-state index in [0.29, 0.717) is 13.1 Å². The SMILES string of the molecule is CN(C)C(CNC(=O)/C=C/c1cn(Cc2ccccc2)nc1-c1cccnc1)c1ccco1. The van der Waals surface area contributed by atoms with Gasteiger partial charge < -0.3 is 9.73 Å². The quantitative estimate of drug-likeness (QED) is 0.397. The highest BCUT2D eigenvalue weighted by atomic mass is 16.3. The Labute approximate surface area is 193 Å². The molecule has 168 valence electrons. The van der Waals surface area contributed by atoms with Crippen LogP contribution in [0.5, 0.6) is 0 Å². The minimum absolute atomic E-state index is 0.0445. The molecule has 1 aromatic carbocycles. The molecule has 0 aliphatic heterocycles. The minimum atomic E-state index is -0.179. The summed E-state index contributed by atoms with van der Waals surface area (Å²) in [6.07, 6.45) is 10.4. The molecule has 1 N–H and O–H groups in total. The van der Waals surface area contributed by atoms with E-state index >= 15 is 0 Å². The second-order valence-electron chi connectivity index (χ2n) is 7.93. The van der Waals surface area contributed by atoms with Crippen molar-refractivity contribution in [3.8, 4) is 11.3 Å². The van der Waals surface area contributed by atoms with Crippen molar-refractivity contribution in [1.82, 2.24) is 25.0 Å². The van der Waals surface area contributed by atoms with Crippen molar-refractivity contribution in [2.24, 2.45) is 0 Å². The average Bonchev–Trinajstić information content (AvgIpc) is 3.49. The van der Waals surface area contributed by atoms with Crippen LogP contribution in [0.15, 0.2) is 89.9 Å². The molecule has 0 aliphatic rings. The third-order valence-corrected chi connectivity index (χ3v) is 5.29. The Morgan fingerprint density at radius 3 is 2.70 bits per heavy atom. The number of aromatic nitrogens is 3. The Hall–Kier alpha value is -3.97. The molecule has 0 bridgehead atoms. The summed E-state index contributed by atoms with van der Waals surface area (Å²) in [6.45, 7) is 1.08. The molecule has 4 aromatic rings. The van der Waals surface area contributed by atoms with Gasteiger partial charge in [0.2, 0.25) is 5.91 Å². The number of likely N-dealkylation sites (N-methyl/N-ethyl adjacent to an activating group) is 1. The number of amides is 1. The molecule has 0 aliphatic carbocycles. The zero-order valence-electron chi connectivity index (χ0n) is 18.8. The molecule has 3 aromatic heterocycles. The van der Waals surface area contributed by atoms with Crippen LogP contribution in [-0.2, 0) is 11.3 Å². The predicted octanol–water partition coefficient (Wildman–Crippen LogP) is 4.02. The van der Waals surface area contributed by atoms with Crippen molar-refractivity contribution in [3.05, 3.63) is 102 Å². The van der Waals surface area contributed by atoms with Crippen LogP contribution in [0.4, 0.5) is 0 Å². The molecule has 1 amide bonds. The van der Waals surface area contributed by atoms with Gasteiger partial charge in [-0.15, -0.1) is 0 Å². The Morgan fingerprint density at radius 1 is 1.15 bits per heavy atom. The van der Waals surface area contributed by atoms with Crippen molar-refractivity contribution in [3.63, 3.8) is 0 Å². The van der Waals surface area contributed by atoms with Crippen molar-refractivity contribution >= 4 is 12.0 Å². The molecule has 4 rings (SSSR count). The molecular formula is C26H27N5O2. The van der Waals surface area contributed by atoms with Crippen molar-refractivity contribution in [2.75, 3.05) is 20.6 Å². The van der Waals surface area contributed by atoms with E-state index in [2.05, 4.69) is 22.4 Å². The van der Waals surface area contributed by atoms with Crippen LogP contribution in [-0.4, -0.2) is 46.2 Å². The Morgan fingerprint density at radius 2 is 2.00 bits per heavy atom.